The van der Waals surface area contributed by atoms with Crippen molar-refractivity contribution in [2.24, 2.45) is 5.92 Å². The van der Waals surface area contributed by atoms with E-state index >= 15 is 0 Å². The summed E-state index contributed by atoms with van der Waals surface area (Å²) in [5.74, 6) is 0.518. The average Bonchev–Trinajstić information content (AvgIpc) is 3.24. The molecule has 0 aliphatic heterocycles. The van der Waals surface area contributed by atoms with Crippen LogP contribution in [0, 0.1) is 11.7 Å². The van der Waals surface area contributed by atoms with Crippen molar-refractivity contribution in [3.8, 4) is 5.75 Å². The maximum Gasteiger partial charge on any atom is 0.169 e. The van der Waals surface area contributed by atoms with Gasteiger partial charge in [0.2, 0.25) is 0 Å². The van der Waals surface area contributed by atoms with Crippen molar-refractivity contribution >= 4 is 0 Å². The van der Waals surface area contributed by atoms with Crippen molar-refractivity contribution in [2.45, 2.75) is 31.9 Å². The molecule has 1 aliphatic carbocycles. The fourth-order valence-corrected chi connectivity index (χ4v) is 2.57. The number of methoxy groups -OCH3 is 2. The Morgan fingerprint density at radius 3 is 2.63 bits per heavy atom. The van der Waals surface area contributed by atoms with Gasteiger partial charge in [0, 0.05) is 12.7 Å². The highest BCUT2D eigenvalue weighted by Gasteiger charge is 2.38. The summed E-state index contributed by atoms with van der Waals surface area (Å²) in [4.78, 5) is 0. The molecule has 0 spiro atoms. The monoisotopic (exact) mass is 267 g/mol. The van der Waals surface area contributed by atoms with Crippen LogP contribution < -0.4 is 10.1 Å². The van der Waals surface area contributed by atoms with Gasteiger partial charge in [0.1, 0.15) is 0 Å². The van der Waals surface area contributed by atoms with Crippen molar-refractivity contribution in [3.63, 3.8) is 0 Å². The van der Waals surface area contributed by atoms with Crippen LogP contribution >= 0.6 is 0 Å². The van der Waals surface area contributed by atoms with Crippen LogP contribution in [0.15, 0.2) is 18.2 Å². The minimum atomic E-state index is -0.293. The molecule has 1 aromatic rings. The maximum atomic E-state index is 14.4. The number of hydrogen-bond acceptors (Lipinski definition) is 3. The minimum Gasteiger partial charge on any atom is -0.494 e. The fraction of sp³-hybridized carbons (Fsp3) is 0.600. The highest BCUT2D eigenvalue weighted by atomic mass is 19.1. The van der Waals surface area contributed by atoms with Gasteiger partial charge in [0.05, 0.1) is 19.3 Å². The molecule has 0 heterocycles. The molecular weight excluding hydrogens is 245 g/mol. The maximum absolute atomic E-state index is 14.4. The van der Waals surface area contributed by atoms with Crippen molar-refractivity contribution < 1.29 is 13.9 Å². The number of likely N-dealkylation sites (N-methyl/N-ethyl adjacent to an activating group) is 1. The smallest absolute Gasteiger partial charge is 0.169 e. The lowest BCUT2D eigenvalue weighted by atomic mass is 9.97. The summed E-state index contributed by atoms with van der Waals surface area (Å²) >= 11 is 0. The number of halogens is 1. The Bertz CT molecular complexity index is 421. The third-order valence-electron chi connectivity index (χ3n) is 3.66. The van der Waals surface area contributed by atoms with Gasteiger partial charge in [-0.2, -0.15) is 0 Å². The van der Waals surface area contributed by atoms with Crippen LogP contribution in [0.1, 0.15) is 31.4 Å². The van der Waals surface area contributed by atoms with Gasteiger partial charge in [0.25, 0.3) is 0 Å². The van der Waals surface area contributed by atoms with Crippen molar-refractivity contribution in [1.82, 2.24) is 5.32 Å². The second-order valence-corrected chi connectivity index (χ2v) is 4.94. The molecule has 19 heavy (non-hydrogen) atoms. The summed E-state index contributed by atoms with van der Waals surface area (Å²) in [6, 6.07) is 5.14. The summed E-state index contributed by atoms with van der Waals surface area (Å²) in [6.07, 6.45) is 2.33. The largest absolute Gasteiger partial charge is 0.494 e. The van der Waals surface area contributed by atoms with E-state index < -0.39 is 0 Å². The molecule has 0 bridgehead atoms. The highest BCUT2D eigenvalue weighted by molar-refractivity contribution is 5.34. The van der Waals surface area contributed by atoms with E-state index in [9.17, 15) is 4.39 Å². The Kier molecular flexibility index (Phi) is 4.77. The minimum absolute atomic E-state index is 0.0153. The first kappa shape index (κ1) is 14.3. The molecule has 3 nitrogen and oxygen atoms in total. The molecule has 0 aromatic heterocycles. The number of ether oxygens (including phenoxy) is 2. The second-order valence-electron chi connectivity index (χ2n) is 4.94. The second kappa shape index (κ2) is 6.35. The van der Waals surface area contributed by atoms with Gasteiger partial charge in [-0.15, -0.1) is 0 Å². The van der Waals surface area contributed by atoms with E-state index in [-0.39, 0.29) is 23.7 Å². The topological polar surface area (TPSA) is 30.5 Å². The van der Waals surface area contributed by atoms with Crippen molar-refractivity contribution in [2.75, 3.05) is 20.8 Å². The molecule has 0 amide bonds. The Hall–Kier alpha value is -1.13. The van der Waals surface area contributed by atoms with Gasteiger partial charge >= 0.3 is 0 Å². The number of benzene rings is 1. The molecule has 0 radical (unpaired) electrons. The molecule has 0 saturated heterocycles. The Morgan fingerprint density at radius 1 is 1.37 bits per heavy atom. The van der Waals surface area contributed by atoms with Gasteiger partial charge in [-0.3, -0.25) is 0 Å². The van der Waals surface area contributed by atoms with E-state index in [1.54, 1.807) is 19.2 Å². The average molecular weight is 267 g/mol. The van der Waals surface area contributed by atoms with E-state index in [0.29, 0.717) is 11.5 Å². The Morgan fingerprint density at radius 2 is 2.11 bits per heavy atom. The number of nitrogens with one attached hydrogen (secondary N) is 1. The zero-order valence-electron chi connectivity index (χ0n) is 11.8. The molecule has 106 valence electrons. The summed E-state index contributed by atoms with van der Waals surface area (Å²) < 4.78 is 25.1. The first-order valence-electron chi connectivity index (χ1n) is 6.81. The molecule has 2 rings (SSSR count). The predicted molar refractivity (Wildman–Crippen MR) is 72.9 cm³/mol. The van der Waals surface area contributed by atoms with Crippen molar-refractivity contribution in [1.29, 1.82) is 0 Å². The van der Waals surface area contributed by atoms with E-state index in [2.05, 4.69) is 5.32 Å². The number of hydrogen-bond donors (Lipinski definition) is 1. The van der Waals surface area contributed by atoms with Crippen LogP contribution in [0.4, 0.5) is 4.39 Å². The summed E-state index contributed by atoms with van der Waals surface area (Å²) in [7, 11) is 3.19. The highest BCUT2D eigenvalue weighted by Crippen LogP contribution is 2.41. The van der Waals surface area contributed by atoms with Crippen LogP contribution in [-0.2, 0) is 4.74 Å². The van der Waals surface area contributed by atoms with E-state index in [0.717, 1.165) is 19.4 Å². The van der Waals surface area contributed by atoms with E-state index in [1.807, 2.05) is 13.0 Å². The van der Waals surface area contributed by atoms with Gasteiger partial charge in [-0.25, -0.2) is 4.39 Å². The fourth-order valence-electron chi connectivity index (χ4n) is 2.57. The third kappa shape index (κ3) is 3.07. The van der Waals surface area contributed by atoms with Crippen LogP contribution in [0.5, 0.6) is 5.75 Å². The first-order chi connectivity index (χ1) is 9.22. The molecular formula is C15H22FNO2. The standard InChI is InChI=1S/C15H22FNO2/c1-4-17-14(15(19-3)10-8-9-10)11-6-5-7-12(18-2)13(11)16/h5-7,10,14-15,17H,4,8-9H2,1-3H3. The lowest BCUT2D eigenvalue weighted by Crippen LogP contribution is -2.35. The lowest BCUT2D eigenvalue weighted by Gasteiger charge is -2.28. The van der Waals surface area contributed by atoms with E-state index in [4.69, 9.17) is 9.47 Å². The zero-order valence-corrected chi connectivity index (χ0v) is 11.8. The zero-order chi connectivity index (χ0) is 13.8. The van der Waals surface area contributed by atoms with Gasteiger partial charge < -0.3 is 14.8 Å². The molecule has 1 fully saturated rings. The SMILES string of the molecule is CCNC(c1cccc(OC)c1F)C(OC)C1CC1. The van der Waals surface area contributed by atoms with Gasteiger partial charge in [0.15, 0.2) is 11.6 Å². The summed E-state index contributed by atoms with van der Waals surface area (Å²) in [6.45, 7) is 2.79. The van der Waals surface area contributed by atoms with Crippen LogP contribution in [0.2, 0.25) is 0 Å². The molecule has 1 aromatic carbocycles. The summed E-state index contributed by atoms with van der Waals surface area (Å²) in [5, 5.41) is 3.34. The molecule has 4 heteroatoms. The Labute approximate surface area is 114 Å². The van der Waals surface area contributed by atoms with E-state index in [1.165, 1.54) is 7.11 Å². The molecule has 2 unspecified atom stereocenters. The molecule has 2 atom stereocenters. The molecule has 1 N–H and O–H groups in total. The molecule has 1 saturated carbocycles. The van der Waals surface area contributed by atoms with Crippen molar-refractivity contribution in [3.05, 3.63) is 29.6 Å². The third-order valence-corrected chi connectivity index (χ3v) is 3.66. The quantitative estimate of drug-likeness (QED) is 0.824. The normalized spacial score (nSPS) is 18.1. The lowest BCUT2D eigenvalue weighted by molar-refractivity contribution is 0.0499. The number of rotatable bonds is 7. The van der Waals surface area contributed by atoms with Crippen LogP contribution in [0.25, 0.3) is 0 Å². The van der Waals surface area contributed by atoms with Crippen LogP contribution in [0.3, 0.4) is 0 Å². The Balaban J connectivity index is 2.32. The predicted octanol–water partition coefficient (Wildman–Crippen LogP) is 2.91. The molecule has 1 aliphatic rings. The van der Waals surface area contributed by atoms with Gasteiger partial charge in [-0.1, -0.05) is 19.1 Å². The first-order valence-corrected chi connectivity index (χ1v) is 6.81. The van der Waals surface area contributed by atoms with Crippen LogP contribution in [-0.4, -0.2) is 26.9 Å². The summed E-state index contributed by atoms with van der Waals surface area (Å²) in [5.41, 5.74) is 0.625. The van der Waals surface area contributed by atoms with Gasteiger partial charge in [-0.05, 0) is 31.4 Å².